The maximum absolute atomic E-state index is 13.7. The third kappa shape index (κ3) is 6.17. The van der Waals surface area contributed by atoms with Crippen molar-refractivity contribution in [2.75, 3.05) is 26.0 Å². The molecule has 4 aromatic rings. The predicted molar refractivity (Wildman–Crippen MR) is 191 cm³/mol. The lowest BCUT2D eigenvalue weighted by Crippen LogP contribution is -2.55. The zero-order valence-corrected chi connectivity index (χ0v) is 28.7. The SMILES string of the molecule is COC(=O)N[C@H](C(=O)N1CCCC1(C)c1ncc(-c2ccc3cc(C4=CC=C(c5cnc([C@H]6NCCS6)[nH]5)CC4)ccc3c2)[nH]1)C(C)C. The number of hydrogen-bond donors (Lipinski definition) is 4. The molecular weight excluding hydrogens is 623 g/mol. The number of fused-ring (bicyclic) bond motifs is 1. The molecule has 2 amide bonds. The van der Waals surface area contributed by atoms with Crippen LogP contribution in [0.25, 0.3) is 33.2 Å². The molecule has 3 atom stereocenters. The molecule has 2 fully saturated rings. The Morgan fingerprint density at radius 1 is 1.00 bits per heavy atom. The van der Waals surface area contributed by atoms with E-state index >= 15 is 0 Å². The number of alkyl carbamates (subject to hydrolysis) is 1. The lowest BCUT2D eigenvalue weighted by atomic mass is 9.91. The number of hydrogen-bond acceptors (Lipinski definition) is 7. The van der Waals surface area contributed by atoms with Crippen molar-refractivity contribution in [3.63, 3.8) is 0 Å². The van der Waals surface area contributed by atoms with Gasteiger partial charge in [0.25, 0.3) is 0 Å². The number of aromatic nitrogens is 4. The number of carbonyl (C=O) groups excluding carboxylic acids is 2. The molecule has 0 bridgehead atoms. The molecule has 4 N–H and O–H groups in total. The van der Waals surface area contributed by atoms with Crippen LogP contribution in [0, 0.1) is 5.92 Å². The Morgan fingerprint density at radius 2 is 1.73 bits per heavy atom. The topological polar surface area (TPSA) is 128 Å². The van der Waals surface area contributed by atoms with Gasteiger partial charge < -0.3 is 24.9 Å². The number of thioether (sulfide) groups is 1. The highest BCUT2D eigenvalue weighted by Gasteiger charge is 2.46. The molecule has 0 saturated carbocycles. The quantitative estimate of drug-likeness (QED) is 0.164. The number of allylic oxidation sites excluding steroid dienone is 4. The summed E-state index contributed by atoms with van der Waals surface area (Å²) in [5, 5.41) is 8.81. The first-order chi connectivity index (χ1) is 23.2. The molecule has 1 unspecified atom stereocenters. The van der Waals surface area contributed by atoms with Gasteiger partial charge in [0.2, 0.25) is 5.91 Å². The van der Waals surface area contributed by atoms with Crippen molar-refractivity contribution in [2.45, 2.75) is 63.4 Å². The highest BCUT2D eigenvalue weighted by atomic mass is 32.2. The highest BCUT2D eigenvalue weighted by Crippen LogP contribution is 2.39. The van der Waals surface area contributed by atoms with Gasteiger partial charge in [-0.3, -0.25) is 10.1 Å². The van der Waals surface area contributed by atoms with Crippen LogP contribution in [0.5, 0.6) is 0 Å². The smallest absolute Gasteiger partial charge is 0.407 e. The van der Waals surface area contributed by atoms with E-state index < -0.39 is 17.7 Å². The number of nitrogens with one attached hydrogen (secondary N) is 4. The summed E-state index contributed by atoms with van der Waals surface area (Å²) in [6.07, 6.45) is 11.3. The van der Waals surface area contributed by atoms with Crippen molar-refractivity contribution in [3.8, 4) is 11.3 Å². The third-order valence-corrected chi connectivity index (χ3v) is 11.1. The first kappa shape index (κ1) is 32.2. The van der Waals surface area contributed by atoms with E-state index in [1.165, 1.54) is 29.2 Å². The molecule has 7 rings (SSSR count). The molecule has 2 saturated heterocycles. The Hall–Kier alpha value is -4.35. The van der Waals surface area contributed by atoms with Gasteiger partial charge in [0.05, 0.1) is 36.4 Å². The standard InChI is InChI=1S/C37H43N7O3S/c1-22(2)31(43-36(46)47-4)34(45)44-16-5-14-37(44,3)35-40-21-30(42-35)28-13-12-26-18-25(10-11-27(26)19-28)23-6-8-24(9-7-23)29-20-39-32(41-29)33-38-15-17-48-33/h6,8,10-13,18-22,31,33,38H,5,7,9,14-17H2,1-4H3,(H,39,41)(H,40,42)(H,43,46)/t31-,33-,37?/m0/s1. The molecular formula is C37H43N7O3S. The van der Waals surface area contributed by atoms with E-state index in [1.54, 1.807) is 0 Å². The minimum absolute atomic E-state index is 0.0937. The summed E-state index contributed by atoms with van der Waals surface area (Å²) >= 11 is 1.90. The molecule has 48 heavy (non-hydrogen) atoms. The maximum atomic E-state index is 13.7. The van der Waals surface area contributed by atoms with Crippen molar-refractivity contribution in [3.05, 3.63) is 83.9 Å². The predicted octanol–water partition coefficient (Wildman–Crippen LogP) is 6.77. The summed E-state index contributed by atoms with van der Waals surface area (Å²) in [4.78, 5) is 44.0. The number of H-pyrrole nitrogens is 2. The fourth-order valence-electron chi connectivity index (χ4n) is 7.12. The van der Waals surface area contributed by atoms with E-state index in [9.17, 15) is 9.59 Å². The zero-order chi connectivity index (χ0) is 33.4. The van der Waals surface area contributed by atoms with Crippen LogP contribution in [-0.4, -0.2) is 68.8 Å². The number of amides is 2. The number of nitrogens with zero attached hydrogens (tertiary/aromatic N) is 3. The second-order valence-corrected chi connectivity index (χ2v) is 14.6. The van der Waals surface area contributed by atoms with E-state index in [0.29, 0.717) is 6.54 Å². The summed E-state index contributed by atoms with van der Waals surface area (Å²) < 4.78 is 4.78. The van der Waals surface area contributed by atoms with Crippen molar-refractivity contribution < 1.29 is 14.3 Å². The summed E-state index contributed by atoms with van der Waals surface area (Å²) in [6.45, 7) is 7.52. The zero-order valence-electron chi connectivity index (χ0n) is 27.9. The summed E-state index contributed by atoms with van der Waals surface area (Å²) in [5.41, 5.74) is 6.31. The Balaban J connectivity index is 1.07. The Morgan fingerprint density at radius 3 is 2.44 bits per heavy atom. The minimum atomic E-state index is -0.681. The van der Waals surface area contributed by atoms with E-state index in [2.05, 4.69) is 81.1 Å². The van der Waals surface area contributed by atoms with Crippen LogP contribution in [0.15, 0.2) is 60.9 Å². The molecule has 2 aromatic carbocycles. The van der Waals surface area contributed by atoms with Crippen LogP contribution < -0.4 is 10.6 Å². The Labute approximate surface area is 285 Å². The van der Waals surface area contributed by atoms with Crippen molar-refractivity contribution >= 4 is 45.7 Å². The average molecular weight is 666 g/mol. The van der Waals surface area contributed by atoms with Gasteiger partial charge in [0.15, 0.2) is 0 Å². The normalized spacial score (nSPS) is 21.8. The average Bonchev–Trinajstić information content (AvgIpc) is 3.93. The molecule has 4 heterocycles. The van der Waals surface area contributed by atoms with Gasteiger partial charge in [0, 0.05) is 24.4 Å². The van der Waals surface area contributed by atoms with Gasteiger partial charge in [-0.2, -0.15) is 0 Å². The number of imidazole rings is 2. The van der Waals surface area contributed by atoms with Gasteiger partial charge in [-0.25, -0.2) is 14.8 Å². The lowest BCUT2D eigenvalue weighted by molar-refractivity contribution is -0.138. The van der Waals surface area contributed by atoms with E-state index in [1.807, 2.05) is 42.9 Å². The lowest BCUT2D eigenvalue weighted by Gasteiger charge is -2.37. The fraction of sp³-hybridized carbons (Fsp3) is 0.405. The van der Waals surface area contributed by atoms with Crippen LogP contribution in [0.1, 0.15) is 74.7 Å². The van der Waals surface area contributed by atoms with Crippen molar-refractivity contribution in [2.24, 2.45) is 5.92 Å². The Bertz CT molecular complexity index is 1900. The van der Waals surface area contributed by atoms with Gasteiger partial charge in [-0.1, -0.05) is 50.3 Å². The second kappa shape index (κ2) is 13.3. The van der Waals surface area contributed by atoms with E-state index in [-0.39, 0.29) is 17.2 Å². The molecule has 1 aliphatic carbocycles. The first-order valence-electron chi connectivity index (χ1n) is 16.8. The molecule has 250 valence electrons. The number of benzene rings is 2. The van der Waals surface area contributed by atoms with Crippen molar-refractivity contribution in [1.29, 1.82) is 0 Å². The monoisotopic (exact) mass is 665 g/mol. The minimum Gasteiger partial charge on any atom is -0.453 e. The number of carbonyl (C=O) groups is 2. The number of likely N-dealkylation sites (tertiary alicyclic amines) is 1. The summed E-state index contributed by atoms with van der Waals surface area (Å²) in [7, 11) is 1.31. The molecule has 0 radical (unpaired) electrons. The molecule has 2 aliphatic heterocycles. The molecule has 0 spiro atoms. The molecule has 11 heteroatoms. The van der Waals surface area contributed by atoms with E-state index in [4.69, 9.17) is 9.72 Å². The number of methoxy groups -OCH3 is 1. The fourth-order valence-corrected chi connectivity index (χ4v) is 8.11. The number of ether oxygens (including phenoxy) is 1. The first-order valence-corrected chi connectivity index (χ1v) is 17.8. The van der Waals surface area contributed by atoms with Crippen LogP contribution in [0.3, 0.4) is 0 Å². The molecule has 10 nitrogen and oxygen atoms in total. The van der Waals surface area contributed by atoms with Crippen LogP contribution >= 0.6 is 11.8 Å². The highest BCUT2D eigenvalue weighted by molar-refractivity contribution is 7.99. The van der Waals surface area contributed by atoms with Crippen LogP contribution in [0.4, 0.5) is 4.79 Å². The largest absolute Gasteiger partial charge is 0.453 e. The third-order valence-electron chi connectivity index (χ3n) is 9.96. The Kier molecular flexibility index (Phi) is 8.91. The number of aromatic amines is 2. The maximum Gasteiger partial charge on any atom is 0.407 e. The number of rotatable bonds is 8. The molecule has 2 aromatic heterocycles. The van der Waals surface area contributed by atoms with E-state index in [0.717, 1.165) is 72.0 Å². The van der Waals surface area contributed by atoms with Gasteiger partial charge in [-0.05, 0) is 78.1 Å². The summed E-state index contributed by atoms with van der Waals surface area (Å²) in [6, 6.07) is 12.5. The van der Waals surface area contributed by atoms with Gasteiger partial charge >= 0.3 is 6.09 Å². The summed E-state index contributed by atoms with van der Waals surface area (Å²) in [5.74, 6) is 2.66. The van der Waals surface area contributed by atoms with Gasteiger partial charge in [-0.15, -0.1) is 11.8 Å². The second-order valence-electron chi connectivity index (χ2n) is 13.4. The van der Waals surface area contributed by atoms with Crippen LogP contribution in [-0.2, 0) is 15.1 Å². The molecule has 3 aliphatic rings. The van der Waals surface area contributed by atoms with Crippen molar-refractivity contribution in [1.82, 2.24) is 35.5 Å². The van der Waals surface area contributed by atoms with Crippen LogP contribution in [0.2, 0.25) is 0 Å². The van der Waals surface area contributed by atoms with Gasteiger partial charge in [0.1, 0.15) is 23.1 Å².